The molecule has 0 aromatic carbocycles. The molecular weight excluding hydrogens is 292 g/mol. The van der Waals surface area contributed by atoms with E-state index in [0.717, 1.165) is 12.1 Å². The van der Waals surface area contributed by atoms with Crippen LogP contribution in [0, 0.1) is 6.92 Å². The first kappa shape index (κ1) is 15.9. The van der Waals surface area contributed by atoms with Crippen LogP contribution in [0.25, 0.3) is 0 Å². The minimum atomic E-state index is -0.479. The van der Waals surface area contributed by atoms with Gasteiger partial charge in [-0.1, -0.05) is 11.6 Å². The van der Waals surface area contributed by atoms with Gasteiger partial charge in [0.15, 0.2) is 0 Å². The zero-order valence-electron chi connectivity index (χ0n) is 12.9. The maximum absolute atomic E-state index is 12.0. The van der Waals surface area contributed by atoms with E-state index in [1.165, 1.54) is 0 Å². The monoisotopic (exact) mass is 312 g/mol. The van der Waals surface area contributed by atoms with Crippen molar-refractivity contribution in [3.05, 3.63) is 23.0 Å². The molecule has 0 spiro atoms. The molecule has 1 atom stereocenters. The predicted molar refractivity (Wildman–Crippen MR) is 80.8 cm³/mol. The number of rotatable bonds is 2. The van der Waals surface area contributed by atoms with Gasteiger partial charge in [-0.25, -0.2) is 9.78 Å². The number of hydrogen-bond donors (Lipinski definition) is 0. The van der Waals surface area contributed by atoms with Gasteiger partial charge in [-0.05, 0) is 39.8 Å². The SMILES string of the molecule is Cc1nc(Cl)ccc1OC1CCN(C(=O)OC(C)(C)C)C1. The van der Waals surface area contributed by atoms with Gasteiger partial charge in [0.05, 0.1) is 12.2 Å². The summed E-state index contributed by atoms with van der Waals surface area (Å²) in [6, 6.07) is 3.51. The fourth-order valence-electron chi connectivity index (χ4n) is 2.14. The smallest absolute Gasteiger partial charge is 0.410 e. The number of halogens is 1. The third kappa shape index (κ3) is 4.49. The highest BCUT2D eigenvalue weighted by Gasteiger charge is 2.31. The van der Waals surface area contributed by atoms with Crippen LogP contribution in [-0.2, 0) is 4.74 Å². The molecule has 0 N–H and O–H groups in total. The van der Waals surface area contributed by atoms with Crippen LogP contribution in [0.1, 0.15) is 32.9 Å². The summed E-state index contributed by atoms with van der Waals surface area (Å²) in [7, 11) is 0. The molecule has 1 fully saturated rings. The molecule has 0 radical (unpaired) electrons. The maximum Gasteiger partial charge on any atom is 0.410 e. The number of aromatic nitrogens is 1. The molecule has 2 rings (SSSR count). The number of ether oxygens (including phenoxy) is 2. The first-order chi connectivity index (χ1) is 9.74. The van der Waals surface area contributed by atoms with E-state index in [1.54, 1.807) is 17.0 Å². The fourth-order valence-corrected chi connectivity index (χ4v) is 2.33. The largest absolute Gasteiger partial charge is 0.487 e. The number of carbonyl (C=O) groups is 1. The number of aryl methyl sites for hydroxylation is 1. The molecule has 1 saturated heterocycles. The van der Waals surface area contributed by atoms with Crippen molar-refractivity contribution in [2.75, 3.05) is 13.1 Å². The van der Waals surface area contributed by atoms with Gasteiger partial charge in [0, 0.05) is 13.0 Å². The van der Waals surface area contributed by atoms with E-state index in [1.807, 2.05) is 27.7 Å². The Kier molecular flexibility index (Phi) is 4.61. The van der Waals surface area contributed by atoms with Crippen LogP contribution in [-0.4, -0.2) is 40.8 Å². The Morgan fingerprint density at radius 3 is 2.76 bits per heavy atom. The lowest BCUT2D eigenvalue weighted by Gasteiger charge is -2.24. The van der Waals surface area contributed by atoms with Crippen LogP contribution >= 0.6 is 11.6 Å². The van der Waals surface area contributed by atoms with Gasteiger partial charge < -0.3 is 14.4 Å². The van der Waals surface area contributed by atoms with Gasteiger partial charge in [0.2, 0.25) is 0 Å². The average molecular weight is 313 g/mol. The van der Waals surface area contributed by atoms with Crippen molar-refractivity contribution in [3.8, 4) is 5.75 Å². The van der Waals surface area contributed by atoms with E-state index in [4.69, 9.17) is 21.1 Å². The second kappa shape index (κ2) is 6.10. The third-order valence-electron chi connectivity index (χ3n) is 3.09. The molecular formula is C15H21ClN2O3. The molecule has 1 aliphatic rings. The molecule has 1 aliphatic heterocycles. The zero-order valence-corrected chi connectivity index (χ0v) is 13.6. The van der Waals surface area contributed by atoms with Crippen LogP contribution in [0.2, 0.25) is 5.15 Å². The van der Waals surface area contributed by atoms with Gasteiger partial charge >= 0.3 is 6.09 Å². The molecule has 0 aliphatic carbocycles. The standard InChI is InChI=1S/C15H21ClN2O3/c1-10-12(5-6-13(16)17-10)20-11-7-8-18(9-11)14(19)21-15(2,3)4/h5-6,11H,7-9H2,1-4H3. The van der Waals surface area contributed by atoms with Gasteiger partial charge in [-0.2, -0.15) is 0 Å². The first-order valence-electron chi connectivity index (χ1n) is 7.02. The van der Waals surface area contributed by atoms with Crippen LogP contribution in [0.4, 0.5) is 4.79 Å². The average Bonchev–Trinajstić information content (AvgIpc) is 2.79. The summed E-state index contributed by atoms with van der Waals surface area (Å²) in [6.45, 7) is 8.59. The normalized spacial score (nSPS) is 18.7. The van der Waals surface area contributed by atoms with E-state index in [2.05, 4.69) is 4.98 Å². The topological polar surface area (TPSA) is 51.7 Å². The summed E-state index contributed by atoms with van der Waals surface area (Å²) >= 11 is 5.82. The van der Waals surface area contributed by atoms with Crippen molar-refractivity contribution in [2.45, 2.75) is 45.8 Å². The van der Waals surface area contributed by atoms with E-state index in [-0.39, 0.29) is 12.2 Å². The number of amides is 1. The van der Waals surface area contributed by atoms with Crippen LogP contribution in [0.15, 0.2) is 12.1 Å². The molecule has 5 nitrogen and oxygen atoms in total. The summed E-state index contributed by atoms with van der Waals surface area (Å²) in [5.41, 5.74) is 0.269. The lowest BCUT2D eigenvalue weighted by molar-refractivity contribution is 0.0275. The Bertz CT molecular complexity index is 528. The Hall–Kier alpha value is -1.49. The molecule has 6 heteroatoms. The van der Waals surface area contributed by atoms with Crippen LogP contribution in [0.3, 0.4) is 0 Å². The number of carbonyl (C=O) groups excluding carboxylic acids is 1. The minimum absolute atomic E-state index is 0.0424. The van der Waals surface area contributed by atoms with Gasteiger partial charge in [-0.3, -0.25) is 0 Å². The van der Waals surface area contributed by atoms with Crippen molar-refractivity contribution >= 4 is 17.7 Å². The van der Waals surface area contributed by atoms with E-state index < -0.39 is 5.60 Å². The first-order valence-corrected chi connectivity index (χ1v) is 7.40. The van der Waals surface area contributed by atoms with Crippen molar-refractivity contribution in [1.29, 1.82) is 0 Å². The van der Waals surface area contributed by atoms with Gasteiger partial charge in [-0.15, -0.1) is 0 Å². The van der Waals surface area contributed by atoms with Crippen molar-refractivity contribution < 1.29 is 14.3 Å². The van der Waals surface area contributed by atoms with Crippen molar-refractivity contribution in [3.63, 3.8) is 0 Å². The number of hydrogen-bond acceptors (Lipinski definition) is 4. The summed E-state index contributed by atoms with van der Waals surface area (Å²) < 4.78 is 11.3. The van der Waals surface area contributed by atoms with E-state index in [9.17, 15) is 4.79 Å². The lowest BCUT2D eigenvalue weighted by Crippen LogP contribution is -2.36. The highest BCUT2D eigenvalue weighted by atomic mass is 35.5. The molecule has 2 heterocycles. The quantitative estimate of drug-likeness (QED) is 0.785. The number of nitrogens with zero attached hydrogens (tertiary/aromatic N) is 2. The predicted octanol–water partition coefficient (Wildman–Crippen LogP) is 3.43. The molecule has 1 unspecified atom stereocenters. The summed E-state index contributed by atoms with van der Waals surface area (Å²) in [5.74, 6) is 0.704. The summed E-state index contributed by atoms with van der Waals surface area (Å²) in [4.78, 5) is 17.8. The van der Waals surface area contributed by atoms with Crippen molar-refractivity contribution in [1.82, 2.24) is 9.88 Å². The van der Waals surface area contributed by atoms with Gasteiger partial charge in [0.1, 0.15) is 22.6 Å². The van der Waals surface area contributed by atoms with E-state index >= 15 is 0 Å². The van der Waals surface area contributed by atoms with Crippen molar-refractivity contribution in [2.24, 2.45) is 0 Å². The summed E-state index contributed by atoms with van der Waals surface area (Å²) in [5, 5.41) is 0.446. The second-order valence-corrected chi connectivity index (χ2v) is 6.56. The summed E-state index contributed by atoms with van der Waals surface area (Å²) in [6.07, 6.45) is 0.445. The lowest BCUT2D eigenvalue weighted by atomic mass is 10.2. The van der Waals surface area contributed by atoms with Crippen LogP contribution < -0.4 is 4.74 Å². The number of likely N-dealkylation sites (tertiary alicyclic amines) is 1. The minimum Gasteiger partial charge on any atom is -0.487 e. The Morgan fingerprint density at radius 2 is 2.14 bits per heavy atom. The molecule has 1 aromatic heterocycles. The Morgan fingerprint density at radius 1 is 1.43 bits per heavy atom. The Balaban J connectivity index is 1.92. The molecule has 1 amide bonds. The maximum atomic E-state index is 12.0. The molecule has 21 heavy (non-hydrogen) atoms. The second-order valence-electron chi connectivity index (χ2n) is 6.17. The highest BCUT2D eigenvalue weighted by molar-refractivity contribution is 6.29. The van der Waals surface area contributed by atoms with E-state index in [0.29, 0.717) is 24.0 Å². The third-order valence-corrected chi connectivity index (χ3v) is 3.30. The molecule has 1 aromatic rings. The van der Waals surface area contributed by atoms with Crippen LogP contribution in [0.5, 0.6) is 5.75 Å². The highest BCUT2D eigenvalue weighted by Crippen LogP contribution is 2.23. The molecule has 0 bridgehead atoms. The number of pyridine rings is 1. The molecule has 116 valence electrons. The van der Waals surface area contributed by atoms with Gasteiger partial charge in [0.25, 0.3) is 0 Å². The zero-order chi connectivity index (χ0) is 15.6. The Labute approximate surface area is 130 Å². The fraction of sp³-hybridized carbons (Fsp3) is 0.600. The molecule has 0 saturated carbocycles.